The fourth-order valence-electron chi connectivity index (χ4n) is 4.11. The second-order valence-electron chi connectivity index (χ2n) is 7.78. The van der Waals surface area contributed by atoms with E-state index in [4.69, 9.17) is 0 Å². The summed E-state index contributed by atoms with van der Waals surface area (Å²) in [6, 6.07) is 16.8. The molecule has 1 aliphatic carbocycles. The number of benzene rings is 2. The maximum Gasteiger partial charge on any atom is 0.347 e. The molecule has 0 aromatic heterocycles. The molecule has 2 aliphatic rings. The number of hydrogen-bond donors (Lipinski definition) is 2. The number of aryl methyl sites for hydroxylation is 1. The molecule has 4 rings (SSSR count). The minimum atomic E-state index is -0.444. The van der Waals surface area contributed by atoms with Gasteiger partial charge in [0.1, 0.15) is 5.84 Å². The van der Waals surface area contributed by atoms with Crippen LogP contribution in [0.4, 0.5) is 15.3 Å². The van der Waals surface area contributed by atoms with Crippen molar-refractivity contribution in [2.75, 3.05) is 5.32 Å². The molecule has 1 aliphatic heterocycles. The summed E-state index contributed by atoms with van der Waals surface area (Å²) in [5.41, 5.74) is 2.82. The number of fused-ring (bicyclic) bond motifs is 1. The van der Waals surface area contributed by atoms with Gasteiger partial charge in [0, 0.05) is 17.6 Å². The first kappa shape index (κ1) is 19.2. The van der Waals surface area contributed by atoms with Crippen LogP contribution in [0.1, 0.15) is 36.8 Å². The molecule has 1 saturated heterocycles. The van der Waals surface area contributed by atoms with Crippen molar-refractivity contribution < 1.29 is 9.59 Å². The van der Waals surface area contributed by atoms with Crippen molar-refractivity contribution >= 4 is 23.6 Å². The molecule has 2 atom stereocenters. The highest BCUT2D eigenvalue weighted by Gasteiger charge is 2.40. The van der Waals surface area contributed by atoms with E-state index in [1.165, 1.54) is 0 Å². The predicted octanol–water partition coefficient (Wildman–Crippen LogP) is 4.71. The lowest BCUT2D eigenvalue weighted by atomic mass is 9.82. The minimum Gasteiger partial charge on any atom is -0.334 e. The van der Waals surface area contributed by atoms with Gasteiger partial charge in [0.15, 0.2) is 0 Å². The number of nitrogens with one attached hydrogen (secondary N) is 2. The average molecular weight is 390 g/mol. The summed E-state index contributed by atoms with van der Waals surface area (Å²) in [5.74, 6) is 0.640. The van der Waals surface area contributed by atoms with Gasteiger partial charge in [-0.05, 0) is 37.5 Å². The quantitative estimate of drug-likeness (QED) is 0.796. The van der Waals surface area contributed by atoms with Gasteiger partial charge >= 0.3 is 12.1 Å². The maximum absolute atomic E-state index is 12.8. The van der Waals surface area contributed by atoms with E-state index in [0.717, 1.165) is 36.8 Å². The Labute approximate surface area is 171 Å². The molecule has 2 N–H and O–H groups in total. The Bertz CT molecular complexity index is 908. The van der Waals surface area contributed by atoms with E-state index >= 15 is 0 Å². The van der Waals surface area contributed by atoms with Crippen LogP contribution >= 0.6 is 0 Å². The molecule has 1 heterocycles. The first-order valence-corrected chi connectivity index (χ1v) is 10.2. The Morgan fingerprint density at radius 2 is 1.83 bits per heavy atom. The van der Waals surface area contributed by atoms with Gasteiger partial charge in [-0.15, -0.1) is 0 Å². The average Bonchev–Trinajstić information content (AvgIpc) is 2.73. The van der Waals surface area contributed by atoms with Crippen LogP contribution in [0.3, 0.4) is 0 Å². The number of amides is 4. The molecule has 29 heavy (non-hydrogen) atoms. The number of carbonyl (C=O) groups excluding carboxylic acids is 2. The monoisotopic (exact) mass is 390 g/mol. The number of anilines is 1. The molecule has 1 saturated carbocycles. The Kier molecular flexibility index (Phi) is 5.60. The molecule has 6 nitrogen and oxygen atoms in total. The molecular weight excluding hydrogens is 364 g/mol. The number of aliphatic imine (C=N–C) groups is 1. The summed E-state index contributed by atoms with van der Waals surface area (Å²) in [4.78, 5) is 31.6. The normalized spacial score (nSPS) is 22.7. The van der Waals surface area contributed by atoms with Crippen molar-refractivity contribution in [3.05, 3.63) is 65.7 Å². The summed E-state index contributed by atoms with van der Waals surface area (Å²) < 4.78 is 0. The van der Waals surface area contributed by atoms with Gasteiger partial charge in [0.25, 0.3) is 0 Å². The van der Waals surface area contributed by atoms with E-state index in [2.05, 4.69) is 15.6 Å². The molecule has 2 fully saturated rings. The van der Waals surface area contributed by atoms with Crippen molar-refractivity contribution in [2.45, 2.75) is 45.2 Å². The van der Waals surface area contributed by atoms with Crippen LogP contribution in [0, 0.1) is 12.8 Å². The van der Waals surface area contributed by atoms with Gasteiger partial charge < -0.3 is 10.6 Å². The van der Waals surface area contributed by atoms with Crippen LogP contribution in [-0.2, 0) is 6.54 Å². The standard InChI is InChI=1S/C23H26N4O2/c1-16-11-13-18(14-12-16)24-22(28)26-21-19-9-5-6-10-20(19)25-23(29)27(21)15-17-7-3-2-4-8-17/h2-4,7-8,11-14,19-20H,5-6,9-10,15H2,1H3,(H,24,28)(H,25,29)/b26-21+. The zero-order chi connectivity index (χ0) is 20.2. The molecule has 4 amide bonds. The van der Waals surface area contributed by atoms with Gasteiger partial charge in [-0.3, -0.25) is 4.90 Å². The third-order valence-corrected chi connectivity index (χ3v) is 5.63. The summed E-state index contributed by atoms with van der Waals surface area (Å²) in [6.07, 6.45) is 4.01. The third-order valence-electron chi connectivity index (χ3n) is 5.63. The van der Waals surface area contributed by atoms with E-state index < -0.39 is 6.03 Å². The molecule has 2 aromatic carbocycles. The largest absolute Gasteiger partial charge is 0.347 e. The highest BCUT2D eigenvalue weighted by molar-refractivity contribution is 6.07. The molecule has 0 radical (unpaired) electrons. The summed E-state index contributed by atoms with van der Waals surface area (Å²) in [5, 5.41) is 5.95. The molecule has 2 unspecified atom stereocenters. The lowest BCUT2D eigenvalue weighted by Crippen LogP contribution is -2.60. The Balaban J connectivity index is 1.61. The predicted molar refractivity (Wildman–Crippen MR) is 114 cm³/mol. The Hall–Kier alpha value is -3.15. The van der Waals surface area contributed by atoms with Crippen molar-refractivity contribution in [3.8, 4) is 0 Å². The summed E-state index contributed by atoms with van der Waals surface area (Å²) >= 11 is 0. The number of urea groups is 2. The fraction of sp³-hybridized carbons (Fsp3) is 0.348. The SMILES string of the molecule is Cc1ccc(NC(=O)/N=C2\C3CCCCC3NC(=O)N2Cc2ccccc2)cc1. The second-order valence-corrected chi connectivity index (χ2v) is 7.78. The van der Waals surface area contributed by atoms with Crippen molar-refractivity contribution in [2.24, 2.45) is 10.9 Å². The first-order chi connectivity index (χ1) is 14.1. The van der Waals surface area contributed by atoms with E-state index in [0.29, 0.717) is 18.1 Å². The van der Waals surface area contributed by atoms with Crippen LogP contribution in [0.15, 0.2) is 59.6 Å². The molecule has 2 aromatic rings. The number of carbonyl (C=O) groups is 2. The maximum atomic E-state index is 12.8. The molecule has 0 spiro atoms. The van der Waals surface area contributed by atoms with Gasteiger partial charge in [-0.1, -0.05) is 60.9 Å². The highest BCUT2D eigenvalue weighted by atomic mass is 16.2. The number of amidine groups is 1. The van der Waals surface area contributed by atoms with Crippen LogP contribution in [0.2, 0.25) is 0 Å². The fourth-order valence-corrected chi connectivity index (χ4v) is 4.11. The number of nitrogens with zero attached hydrogens (tertiary/aromatic N) is 2. The van der Waals surface area contributed by atoms with E-state index in [1.807, 2.05) is 61.5 Å². The zero-order valence-electron chi connectivity index (χ0n) is 16.6. The van der Waals surface area contributed by atoms with E-state index in [-0.39, 0.29) is 18.0 Å². The third kappa shape index (κ3) is 4.47. The smallest absolute Gasteiger partial charge is 0.334 e. The lowest BCUT2D eigenvalue weighted by molar-refractivity contribution is 0.187. The molecule has 150 valence electrons. The number of rotatable bonds is 3. The zero-order valence-corrected chi connectivity index (χ0v) is 16.6. The Morgan fingerprint density at radius 1 is 1.10 bits per heavy atom. The van der Waals surface area contributed by atoms with Crippen LogP contribution in [-0.4, -0.2) is 28.8 Å². The molecular formula is C23H26N4O2. The summed E-state index contributed by atoms with van der Waals surface area (Å²) in [6.45, 7) is 2.39. The van der Waals surface area contributed by atoms with Gasteiger partial charge in [-0.2, -0.15) is 4.99 Å². The van der Waals surface area contributed by atoms with Gasteiger partial charge in [0.05, 0.1) is 6.54 Å². The minimum absolute atomic E-state index is 0.0502. The lowest BCUT2D eigenvalue weighted by Gasteiger charge is -2.42. The van der Waals surface area contributed by atoms with Crippen LogP contribution in [0.5, 0.6) is 0 Å². The summed E-state index contributed by atoms with van der Waals surface area (Å²) in [7, 11) is 0. The van der Waals surface area contributed by atoms with Crippen molar-refractivity contribution in [3.63, 3.8) is 0 Å². The van der Waals surface area contributed by atoms with E-state index in [9.17, 15) is 9.59 Å². The van der Waals surface area contributed by atoms with Crippen molar-refractivity contribution in [1.82, 2.24) is 10.2 Å². The van der Waals surface area contributed by atoms with E-state index in [1.54, 1.807) is 4.90 Å². The van der Waals surface area contributed by atoms with Crippen molar-refractivity contribution in [1.29, 1.82) is 0 Å². The highest BCUT2D eigenvalue weighted by Crippen LogP contribution is 2.31. The molecule has 0 bridgehead atoms. The topological polar surface area (TPSA) is 73.8 Å². The first-order valence-electron chi connectivity index (χ1n) is 10.2. The van der Waals surface area contributed by atoms with Crippen LogP contribution < -0.4 is 10.6 Å². The van der Waals surface area contributed by atoms with Gasteiger partial charge in [-0.25, -0.2) is 9.59 Å². The molecule has 6 heteroatoms. The van der Waals surface area contributed by atoms with Gasteiger partial charge in [0.2, 0.25) is 0 Å². The number of hydrogen-bond acceptors (Lipinski definition) is 2. The second kappa shape index (κ2) is 8.47. The Morgan fingerprint density at radius 3 is 2.59 bits per heavy atom. The van der Waals surface area contributed by atoms with Crippen LogP contribution in [0.25, 0.3) is 0 Å².